The number of anilines is 2. The van der Waals surface area contributed by atoms with Crippen molar-refractivity contribution in [1.82, 2.24) is 25.2 Å². The molecule has 2 N–H and O–H groups in total. The summed E-state index contributed by atoms with van der Waals surface area (Å²) in [5, 5.41) is 7.22. The molecule has 0 saturated carbocycles. The maximum Gasteiger partial charge on any atom is 0.265 e. The summed E-state index contributed by atoms with van der Waals surface area (Å²) in [5.41, 5.74) is 4.00. The van der Waals surface area contributed by atoms with Crippen LogP contribution < -0.4 is 10.6 Å². The minimum absolute atomic E-state index is 0.0351. The highest BCUT2D eigenvalue weighted by Gasteiger charge is 2.20. The number of piperazine rings is 1. The van der Waals surface area contributed by atoms with Crippen molar-refractivity contribution >= 4 is 28.9 Å². The molecule has 144 valence electrons. The topological polar surface area (TPSA) is 83.0 Å². The lowest BCUT2D eigenvalue weighted by molar-refractivity contribution is 0.0740. The van der Waals surface area contributed by atoms with Gasteiger partial charge < -0.3 is 15.5 Å². The predicted octanol–water partition coefficient (Wildman–Crippen LogP) is 3.01. The number of carbonyl (C=O) groups is 1. The summed E-state index contributed by atoms with van der Waals surface area (Å²) < 4.78 is 0. The van der Waals surface area contributed by atoms with Gasteiger partial charge in [0, 0.05) is 38.1 Å². The Bertz CT molecular complexity index is 976. The Balaban J connectivity index is 1.53. The van der Waals surface area contributed by atoms with Gasteiger partial charge in [0.05, 0.1) is 6.20 Å². The first-order chi connectivity index (χ1) is 13.6. The fourth-order valence-electron chi connectivity index (χ4n) is 3.23. The van der Waals surface area contributed by atoms with Crippen molar-refractivity contribution in [2.45, 2.75) is 13.8 Å². The zero-order valence-corrected chi connectivity index (χ0v) is 16.7. The molecule has 1 saturated heterocycles. The fraction of sp³-hybridized carbons (Fsp3) is 0.300. The molecule has 0 bridgehead atoms. The van der Waals surface area contributed by atoms with Gasteiger partial charge in [-0.05, 0) is 43.2 Å². The molecule has 1 fully saturated rings. The highest BCUT2D eigenvalue weighted by molar-refractivity contribution is 7.16. The molecule has 0 atom stereocenters. The summed E-state index contributed by atoms with van der Waals surface area (Å²) in [6, 6.07) is 8.03. The summed E-state index contributed by atoms with van der Waals surface area (Å²) in [4.78, 5) is 28.4. The number of aromatic nitrogens is 3. The Kier molecular flexibility index (Phi) is 5.31. The highest BCUT2D eigenvalue weighted by Crippen LogP contribution is 2.26. The second-order valence-corrected chi connectivity index (χ2v) is 7.87. The number of carbonyl (C=O) groups excluding carboxylic acids is 1. The third-order valence-corrected chi connectivity index (χ3v) is 5.48. The monoisotopic (exact) mass is 394 g/mol. The number of benzene rings is 1. The van der Waals surface area contributed by atoms with Crippen molar-refractivity contribution in [3.8, 4) is 10.7 Å². The van der Waals surface area contributed by atoms with Gasteiger partial charge >= 0.3 is 0 Å². The van der Waals surface area contributed by atoms with Gasteiger partial charge in [0.2, 0.25) is 5.95 Å². The maximum atomic E-state index is 12.6. The Morgan fingerprint density at radius 1 is 1.14 bits per heavy atom. The molecule has 0 aliphatic carbocycles. The number of rotatable bonds is 4. The molecule has 1 aliphatic rings. The summed E-state index contributed by atoms with van der Waals surface area (Å²) in [5.74, 6) is 0.542. The number of hydrogen-bond acceptors (Lipinski definition) is 7. The minimum Gasteiger partial charge on any atom is -0.335 e. The number of nitrogens with zero attached hydrogens (tertiary/aromatic N) is 4. The van der Waals surface area contributed by atoms with Gasteiger partial charge in [-0.2, -0.15) is 0 Å². The Morgan fingerprint density at radius 3 is 2.64 bits per heavy atom. The van der Waals surface area contributed by atoms with E-state index in [1.54, 1.807) is 12.4 Å². The lowest BCUT2D eigenvalue weighted by Crippen LogP contribution is -2.46. The molecule has 0 unspecified atom stereocenters. The van der Waals surface area contributed by atoms with E-state index in [1.165, 1.54) is 22.5 Å². The molecule has 0 radical (unpaired) electrons. The van der Waals surface area contributed by atoms with E-state index in [0.29, 0.717) is 21.5 Å². The second kappa shape index (κ2) is 8.04. The van der Waals surface area contributed by atoms with Gasteiger partial charge in [0.25, 0.3) is 5.91 Å². The van der Waals surface area contributed by atoms with Gasteiger partial charge in [0.15, 0.2) is 0 Å². The van der Waals surface area contributed by atoms with E-state index in [1.807, 2.05) is 11.0 Å². The Hall–Kier alpha value is -2.84. The molecule has 1 aliphatic heterocycles. The predicted molar refractivity (Wildman–Crippen MR) is 111 cm³/mol. The quantitative estimate of drug-likeness (QED) is 0.708. The smallest absolute Gasteiger partial charge is 0.265 e. The summed E-state index contributed by atoms with van der Waals surface area (Å²) in [6.45, 7) is 7.23. The van der Waals surface area contributed by atoms with Crippen LogP contribution in [0.1, 0.15) is 20.8 Å². The van der Waals surface area contributed by atoms with Crippen LogP contribution in [0.3, 0.4) is 0 Å². The third-order valence-electron chi connectivity index (χ3n) is 4.47. The van der Waals surface area contributed by atoms with Crippen LogP contribution in [0.25, 0.3) is 10.7 Å². The average molecular weight is 395 g/mol. The largest absolute Gasteiger partial charge is 0.335 e. The molecule has 3 aromatic rings. The van der Waals surface area contributed by atoms with Crippen molar-refractivity contribution in [3.63, 3.8) is 0 Å². The fourth-order valence-corrected chi connectivity index (χ4v) is 4.08. The van der Waals surface area contributed by atoms with Crippen molar-refractivity contribution in [2.24, 2.45) is 0 Å². The van der Waals surface area contributed by atoms with Gasteiger partial charge in [-0.1, -0.05) is 6.07 Å². The van der Waals surface area contributed by atoms with Gasteiger partial charge in [0.1, 0.15) is 15.6 Å². The zero-order chi connectivity index (χ0) is 19.5. The molecule has 7 nitrogen and oxygen atoms in total. The second-order valence-electron chi connectivity index (χ2n) is 6.84. The molecular weight excluding hydrogens is 372 g/mol. The highest BCUT2D eigenvalue weighted by atomic mass is 32.1. The van der Waals surface area contributed by atoms with E-state index in [-0.39, 0.29) is 5.91 Å². The number of thiazole rings is 1. The normalized spacial score (nSPS) is 14.1. The Morgan fingerprint density at radius 2 is 1.89 bits per heavy atom. The lowest BCUT2D eigenvalue weighted by Gasteiger charge is -2.26. The van der Waals surface area contributed by atoms with Crippen LogP contribution >= 0.6 is 11.3 Å². The zero-order valence-electron chi connectivity index (χ0n) is 15.9. The van der Waals surface area contributed by atoms with E-state index < -0.39 is 0 Å². The molecule has 0 spiro atoms. The van der Waals surface area contributed by atoms with Crippen molar-refractivity contribution < 1.29 is 4.79 Å². The van der Waals surface area contributed by atoms with Crippen LogP contribution in [0.2, 0.25) is 0 Å². The minimum atomic E-state index is 0.0351. The molecule has 3 heterocycles. The number of hydrogen-bond donors (Lipinski definition) is 2. The average Bonchev–Trinajstić information content (AvgIpc) is 3.18. The molecule has 2 aromatic heterocycles. The van der Waals surface area contributed by atoms with E-state index in [2.05, 4.69) is 57.6 Å². The maximum absolute atomic E-state index is 12.6. The van der Waals surface area contributed by atoms with E-state index in [0.717, 1.165) is 31.9 Å². The molecule has 8 heteroatoms. The van der Waals surface area contributed by atoms with E-state index in [9.17, 15) is 4.79 Å². The first kappa shape index (κ1) is 18.5. The molecule has 1 amide bonds. The molecule has 1 aromatic carbocycles. The SMILES string of the molecule is Cc1cc(C)cc(Nc2nccc(-c3ncc(C(=O)N4CCNCC4)s3)n2)c1. The number of aryl methyl sites for hydroxylation is 2. The number of nitrogens with one attached hydrogen (secondary N) is 2. The van der Waals surface area contributed by atoms with Crippen LogP contribution in [0.4, 0.5) is 11.6 Å². The van der Waals surface area contributed by atoms with Crippen molar-refractivity contribution in [1.29, 1.82) is 0 Å². The lowest BCUT2D eigenvalue weighted by atomic mass is 10.1. The van der Waals surface area contributed by atoms with Gasteiger partial charge in [-0.15, -0.1) is 11.3 Å². The van der Waals surface area contributed by atoms with Crippen LogP contribution in [-0.2, 0) is 0 Å². The third kappa shape index (κ3) is 4.18. The first-order valence-electron chi connectivity index (χ1n) is 9.23. The van der Waals surface area contributed by atoms with Gasteiger partial charge in [-0.3, -0.25) is 4.79 Å². The van der Waals surface area contributed by atoms with E-state index >= 15 is 0 Å². The van der Waals surface area contributed by atoms with Crippen LogP contribution in [0.15, 0.2) is 36.7 Å². The summed E-state index contributed by atoms with van der Waals surface area (Å²) in [7, 11) is 0. The summed E-state index contributed by atoms with van der Waals surface area (Å²) >= 11 is 1.37. The molecule has 4 rings (SSSR count). The summed E-state index contributed by atoms with van der Waals surface area (Å²) in [6.07, 6.45) is 3.34. The molecule has 28 heavy (non-hydrogen) atoms. The number of amides is 1. The van der Waals surface area contributed by atoms with Gasteiger partial charge in [-0.25, -0.2) is 15.0 Å². The first-order valence-corrected chi connectivity index (χ1v) is 10.0. The van der Waals surface area contributed by atoms with E-state index in [4.69, 9.17) is 0 Å². The van der Waals surface area contributed by atoms with Crippen molar-refractivity contribution in [2.75, 3.05) is 31.5 Å². The molecular formula is C20H22N6OS. The standard InChI is InChI=1S/C20H22N6OS/c1-13-9-14(2)11-15(10-13)24-20-22-4-3-16(25-20)18-23-12-17(28-18)19(27)26-7-5-21-6-8-26/h3-4,9-12,21H,5-8H2,1-2H3,(H,22,24,25). The van der Waals surface area contributed by atoms with Crippen LogP contribution in [0.5, 0.6) is 0 Å². The van der Waals surface area contributed by atoms with Crippen LogP contribution in [-0.4, -0.2) is 51.9 Å². The Labute approximate surface area is 167 Å². The van der Waals surface area contributed by atoms with Crippen molar-refractivity contribution in [3.05, 3.63) is 52.7 Å². The van der Waals surface area contributed by atoms with Crippen LogP contribution in [0, 0.1) is 13.8 Å².